The van der Waals surface area contributed by atoms with Gasteiger partial charge >= 0.3 is 7.60 Å². The van der Waals surface area contributed by atoms with Crippen LogP contribution in [0.2, 0.25) is 0 Å². The van der Waals surface area contributed by atoms with Crippen LogP contribution in [0.15, 0.2) is 0 Å². The third-order valence-corrected chi connectivity index (χ3v) is 4.09. The van der Waals surface area contributed by atoms with E-state index in [0.29, 0.717) is 19.8 Å². The molecule has 6 nitrogen and oxygen atoms in total. The van der Waals surface area contributed by atoms with Crippen molar-refractivity contribution in [2.24, 2.45) is 0 Å². The molecule has 16 heavy (non-hydrogen) atoms. The molecule has 0 bridgehead atoms. The highest BCUT2D eigenvalue weighted by Gasteiger charge is 2.34. The Hall–Kier alpha value is 0.0300. The number of ether oxygens (including phenoxy) is 2. The van der Waals surface area contributed by atoms with Crippen molar-refractivity contribution in [2.75, 3.05) is 32.6 Å². The standard InChI is InChI=1S/C9H19O6P/c1-3-13-16(11,14-4-2)7-9-12-6-8(5-10)15-9/h8-10H,3-7H2,1-2H3. The van der Waals surface area contributed by atoms with Crippen molar-refractivity contribution < 1.29 is 28.2 Å². The summed E-state index contributed by atoms with van der Waals surface area (Å²) in [5.41, 5.74) is 0. The van der Waals surface area contributed by atoms with E-state index in [-0.39, 0.29) is 18.9 Å². The van der Waals surface area contributed by atoms with Gasteiger partial charge in [-0.05, 0) is 13.8 Å². The van der Waals surface area contributed by atoms with Crippen LogP contribution in [0.1, 0.15) is 13.8 Å². The van der Waals surface area contributed by atoms with Crippen molar-refractivity contribution in [2.45, 2.75) is 26.2 Å². The maximum Gasteiger partial charge on any atom is 0.335 e. The van der Waals surface area contributed by atoms with Gasteiger partial charge in [0.25, 0.3) is 0 Å². The van der Waals surface area contributed by atoms with E-state index in [1.54, 1.807) is 13.8 Å². The Morgan fingerprint density at radius 3 is 2.44 bits per heavy atom. The Labute approximate surface area is 95.4 Å². The van der Waals surface area contributed by atoms with Crippen LogP contribution in [0.5, 0.6) is 0 Å². The summed E-state index contributed by atoms with van der Waals surface area (Å²) in [6.07, 6.45) is -0.909. The molecule has 1 rings (SSSR count). The second kappa shape index (κ2) is 6.69. The van der Waals surface area contributed by atoms with Crippen LogP contribution >= 0.6 is 7.60 Å². The van der Waals surface area contributed by atoms with Crippen molar-refractivity contribution in [3.63, 3.8) is 0 Å². The smallest absolute Gasteiger partial charge is 0.335 e. The van der Waals surface area contributed by atoms with Crippen LogP contribution in [-0.4, -0.2) is 50.1 Å². The van der Waals surface area contributed by atoms with E-state index in [4.69, 9.17) is 23.6 Å². The first-order valence-electron chi connectivity index (χ1n) is 5.39. The highest BCUT2D eigenvalue weighted by Crippen LogP contribution is 2.49. The zero-order valence-corrected chi connectivity index (χ0v) is 10.5. The fourth-order valence-electron chi connectivity index (χ4n) is 1.42. The molecule has 0 spiro atoms. The number of hydrogen-bond acceptors (Lipinski definition) is 6. The van der Waals surface area contributed by atoms with E-state index in [2.05, 4.69) is 0 Å². The number of hydrogen-bond donors (Lipinski definition) is 1. The molecular formula is C9H19O6P. The fourth-order valence-corrected chi connectivity index (χ4v) is 3.05. The van der Waals surface area contributed by atoms with E-state index in [9.17, 15) is 4.57 Å². The summed E-state index contributed by atoms with van der Waals surface area (Å²) in [6.45, 7) is 4.32. The van der Waals surface area contributed by atoms with Gasteiger partial charge in [-0.25, -0.2) is 0 Å². The highest BCUT2D eigenvalue weighted by molar-refractivity contribution is 7.53. The lowest BCUT2D eigenvalue weighted by atomic mass is 10.4. The highest BCUT2D eigenvalue weighted by atomic mass is 31.2. The van der Waals surface area contributed by atoms with Gasteiger partial charge in [-0.3, -0.25) is 4.57 Å². The minimum absolute atomic E-state index is 0.0607. The summed E-state index contributed by atoms with van der Waals surface area (Å²) in [6, 6.07) is 0. The van der Waals surface area contributed by atoms with Gasteiger partial charge in [0.15, 0.2) is 6.29 Å². The van der Waals surface area contributed by atoms with Crippen molar-refractivity contribution in [1.82, 2.24) is 0 Å². The lowest BCUT2D eigenvalue weighted by molar-refractivity contribution is -0.0515. The van der Waals surface area contributed by atoms with Gasteiger partial charge in [-0.2, -0.15) is 0 Å². The van der Waals surface area contributed by atoms with Crippen LogP contribution in [0.4, 0.5) is 0 Å². The fraction of sp³-hybridized carbons (Fsp3) is 1.00. The summed E-state index contributed by atoms with van der Waals surface area (Å²) < 4.78 is 32.8. The largest absolute Gasteiger partial charge is 0.394 e. The molecule has 1 aliphatic heterocycles. The van der Waals surface area contributed by atoms with Crippen LogP contribution in [-0.2, 0) is 23.1 Å². The minimum atomic E-state index is -3.14. The van der Waals surface area contributed by atoms with Gasteiger partial charge in [0.05, 0.1) is 26.4 Å². The maximum atomic E-state index is 12.1. The first kappa shape index (κ1) is 14.1. The van der Waals surface area contributed by atoms with Crippen LogP contribution in [0.25, 0.3) is 0 Å². The van der Waals surface area contributed by atoms with Gasteiger partial charge < -0.3 is 23.6 Å². The molecule has 0 amide bonds. The molecule has 0 aromatic carbocycles. The van der Waals surface area contributed by atoms with Crippen molar-refractivity contribution in [1.29, 1.82) is 0 Å². The SMILES string of the molecule is CCOP(=O)(CC1OCC(CO)O1)OCC. The third-order valence-electron chi connectivity index (χ3n) is 2.04. The van der Waals surface area contributed by atoms with Crippen molar-refractivity contribution >= 4 is 7.60 Å². The van der Waals surface area contributed by atoms with Crippen molar-refractivity contribution in [3.05, 3.63) is 0 Å². The predicted molar refractivity (Wildman–Crippen MR) is 57.4 cm³/mol. The molecular weight excluding hydrogens is 235 g/mol. The first-order valence-corrected chi connectivity index (χ1v) is 7.12. The van der Waals surface area contributed by atoms with E-state index in [1.807, 2.05) is 0 Å². The maximum absolute atomic E-state index is 12.1. The third kappa shape index (κ3) is 4.13. The predicted octanol–water partition coefficient (Wildman–Crippen LogP) is 0.986. The van der Waals surface area contributed by atoms with Gasteiger partial charge in [0, 0.05) is 0 Å². The normalized spacial score (nSPS) is 26.2. The van der Waals surface area contributed by atoms with Gasteiger partial charge in [-0.15, -0.1) is 0 Å². The molecule has 96 valence electrons. The molecule has 0 aromatic heterocycles. The molecule has 7 heteroatoms. The Bertz CT molecular complexity index is 236. The Balaban J connectivity index is 2.46. The van der Waals surface area contributed by atoms with Crippen LogP contribution in [0.3, 0.4) is 0 Å². The molecule has 0 aliphatic carbocycles. The lowest BCUT2D eigenvalue weighted by Gasteiger charge is -2.19. The Kier molecular flexibility index (Phi) is 5.89. The van der Waals surface area contributed by atoms with Crippen LogP contribution < -0.4 is 0 Å². The topological polar surface area (TPSA) is 74.2 Å². The second-order valence-corrected chi connectivity index (χ2v) is 5.44. The molecule has 0 aromatic rings. The summed E-state index contributed by atoms with van der Waals surface area (Å²) in [4.78, 5) is 0. The lowest BCUT2D eigenvalue weighted by Crippen LogP contribution is -2.19. The molecule has 2 atom stereocenters. The first-order chi connectivity index (χ1) is 7.63. The summed E-state index contributed by atoms with van der Waals surface area (Å²) >= 11 is 0. The van der Waals surface area contributed by atoms with E-state index >= 15 is 0 Å². The average molecular weight is 254 g/mol. The molecule has 1 fully saturated rings. The summed E-state index contributed by atoms with van der Waals surface area (Å²) in [7, 11) is -3.14. The van der Waals surface area contributed by atoms with Gasteiger partial charge in [-0.1, -0.05) is 0 Å². The van der Waals surface area contributed by atoms with E-state index in [0.717, 1.165) is 0 Å². The second-order valence-electron chi connectivity index (χ2n) is 3.33. The van der Waals surface area contributed by atoms with E-state index in [1.165, 1.54) is 0 Å². The quantitative estimate of drug-likeness (QED) is 0.683. The summed E-state index contributed by atoms with van der Waals surface area (Å²) in [5.74, 6) is 0. The monoisotopic (exact) mass is 254 g/mol. The summed E-state index contributed by atoms with van der Waals surface area (Å²) in [5, 5.41) is 8.85. The number of aliphatic hydroxyl groups excluding tert-OH is 1. The average Bonchev–Trinajstić information content (AvgIpc) is 2.65. The molecule has 2 unspecified atom stereocenters. The molecule has 1 aliphatic rings. The Morgan fingerprint density at radius 2 is 2.00 bits per heavy atom. The molecule has 1 N–H and O–H groups in total. The minimum Gasteiger partial charge on any atom is -0.394 e. The van der Waals surface area contributed by atoms with E-state index < -0.39 is 13.9 Å². The molecule has 1 heterocycles. The van der Waals surface area contributed by atoms with Gasteiger partial charge in [0.2, 0.25) is 0 Å². The number of aliphatic hydroxyl groups is 1. The zero-order chi connectivity index (χ0) is 12.0. The van der Waals surface area contributed by atoms with Crippen molar-refractivity contribution in [3.8, 4) is 0 Å². The molecule has 1 saturated heterocycles. The van der Waals surface area contributed by atoms with Crippen LogP contribution in [0, 0.1) is 0 Å². The van der Waals surface area contributed by atoms with Gasteiger partial charge in [0.1, 0.15) is 12.3 Å². The Morgan fingerprint density at radius 1 is 1.38 bits per heavy atom. The number of rotatable bonds is 7. The zero-order valence-electron chi connectivity index (χ0n) is 9.63. The molecule has 0 saturated carbocycles. The molecule has 0 radical (unpaired) electrons.